The fourth-order valence-corrected chi connectivity index (χ4v) is 3.10. The van der Waals surface area contributed by atoms with E-state index in [-0.39, 0.29) is 0 Å². The Morgan fingerprint density at radius 3 is 2.47 bits per heavy atom. The highest BCUT2D eigenvalue weighted by atomic mass is 15.2. The van der Waals surface area contributed by atoms with Crippen LogP contribution < -0.4 is 5.73 Å². The van der Waals surface area contributed by atoms with Gasteiger partial charge in [0, 0.05) is 12.1 Å². The second-order valence-electron chi connectivity index (χ2n) is 5.70. The number of benzene rings is 1. The van der Waals surface area contributed by atoms with Crippen LogP contribution in [0.15, 0.2) is 30.3 Å². The van der Waals surface area contributed by atoms with Crippen molar-refractivity contribution in [3.63, 3.8) is 0 Å². The monoisotopic (exact) mass is 261 g/mol. The third-order valence-corrected chi connectivity index (χ3v) is 4.38. The molecule has 1 aliphatic rings. The van der Waals surface area contributed by atoms with Crippen molar-refractivity contribution in [1.82, 2.24) is 9.80 Å². The molecule has 1 heterocycles. The van der Waals surface area contributed by atoms with Gasteiger partial charge in [0.2, 0.25) is 0 Å². The van der Waals surface area contributed by atoms with E-state index in [1.54, 1.807) is 0 Å². The van der Waals surface area contributed by atoms with Crippen LogP contribution >= 0.6 is 0 Å². The van der Waals surface area contributed by atoms with Gasteiger partial charge in [-0.2, -0.15) is 0 Å². The van der Waals surface area contributed by atoms with Gasteiger partial charge in [-0.1, -0.05) is 30.3 Å². The van der Waals surface area contributed by atoms with E-state index >= 15 is 0 Å². The van der Waals surface area contributed by atoms with Crippen LogP contribution in [0.2, 0.25) is 0 Å². The van der Waals surface area contributed by atoms with Gasteiger partial charge in [-0.25, -0.2) is 0 Å². The first-order chi connectivity index (χ1) is 9.22. The van der Waals surface area contributed by atoms with E-state index in [1.165, 1.54) is 31.5 Å². The topological polar surface area (TPSA) is 32.5 Å². The van der Waals surface area contributed by atoms with E-state index in [0.717, 1.165) is 13.0 Å². The Hall–Kier alpha value is -0.900. The van der Waals surface area contributed by atoms with Gasteiger partial charge in [0.05, 0.1) is 0 Å². The summed E-state index contributed by atoms with van der Waals surface area (Å²) in [7, 11) is 4.48. The van der Waals surface area contributed by atoms with E-state index in [4.69, 9.17) is 5.73 Å². The van der Waals surface area contributed by atoms with Crippen LogP contribution in [-0.2, 0) is 0 Å². The molecule has 0 spiro atoms. The molecule has 0 amide bonds. The summed E-state index contributed by atoms with van der Waals surface area (Å²) in [5.41, 5.74) is 7.22. The number of hydrogen-bond acceptors (Lipinski definition) is 3. The van der Waals surface area contributed by atoms with Gasteiger partial charge in [-0.05, 0) is 58.6 Å². The van der Waals surface area contributed by atoms with Crippen molar-refractivity contribution in [2.45, 2.75) is 31.3 Å². The van der Waals surface area contributed by atoms with Crippen molar-refractivity contribution in [3.05, 3.63) is 35.9 Å². The lowest BCUT2D eigenvalue weighted by atomic mass is 9.97. The first kappa shape index (κ1) is 14.5. The Kier molecular flexibility index (Phi) is 5.37. The molecule has 1 saturated heterocycles. The Morgan fingerprint density at radius 2 is 1.89 bits per heavy atom. The molecule has 106 valence electrons. The molecule has 0 saturated carbocycles. The van der Waals surface area contributed by atoms with Crippen molar-refractivity contribution < 1.29 is 0 Å². The highest BCUT2D eigenvalue weighted by Crippen LogP contribution is 2.27. The van der Waals surface area contributed by atoms with Crippen molar-refractivity contribution in [2.75, 3.05) is 33.7 Å². The van der Waals surface area contributed by atoms with E-state index < -0.39 is 0 Å². The molecule has 1 atom stereocenters. The molecule has 3 heteroatoms. The Balaban J connectivity index is 2.06. The molecule has 2 rings (SSSR count). The number of rotatable bonds is 5. The average Bonchev–Trinajstić information content (AvgIpc) is 2.46. The minimum absolute atomic E-state index is 0.458. The molecule has 3 nitrogen and oxygen atoms in total. The molecule has 0 aromatic heterocycles. The van der Waals surface area contributed by atoms with Crippen molar-refractivity contribution in [2.24, 2.45) is 5.73 Å². The zero-order chi connectivity index (χ0) is 13.7. The van der Waals surface area contributed by atoms with Crippen LogP contribution in [0.1, 0.15) is 30.9 Å². The fourth-order valence-electron chi connectivity index (χ4n) is 3.10. The molecule has 0 radical (unpaired) electrons. The third-order valence-electron chi connectivity index (χ3n) is 4.38. The molecule has 1 fully saturated rings. The molecular weight excluding hydrogens is 234 g/mol. The minimum atomic E-state index is 0.458. The minimum Gasteiger partial charge on any atom is -0.330 e. The summed E-state index contributed by atoms with van der Waals surface area (Å²) in [5.74, 6) is 0. The SMILES string of the molecule is CN1CCC(N(C)C(CCN)c2ccccc2)CC1. The van der Waals surface area contributed by atoms with E-state index in [1.807, 2.05) is 0 Å². The standard InChI is InChI=1S/C16H27N3/c1-18-12-9-15(10-13-18)19(2)16(8-11-17)14-6-4-3-5-7-14/h3-7,15-16H,8-13,17H2,1-2H3. The number of likely N-dealkylation sites (tertiary alicyclic amines) is 1. The lowest BCUT2D eigenvalue weighted by Gasteiger charge is -2.39. The highest BCUT2D eigenvalue weighted by Gasteiger charge is 2.26. The average molecular weight is 261 g/mol. The molecule has 1 aromatic rings. The predicted molar refractivity (Wildman–Crippen MR) is 81.1 cm³/mol. The van der Waals surface area contributed by atoms with Gasteiger partial charge in [0.15, 0.2) is 0 Å². The van der Waals surface area contributed by atoms with Crippen LogP contribution in [0.3, 0.4) is 0 Å². The summed E-state index contributed by atoms with van der Waals surface area (Å²) in [5, 5.41) is 0. The summed E-state index contributed by atoms with van der Waals surface area (Å²) in [6, 6.07) is 11.9. The fraction of sp³-hybridized carbons (Fsp3) is 0.625. The number of hydrogen-bond donors (Lipinski definition) is 1. The molecule has 1 aromatic carbocycles. The maximum atomic E-state index is 5.82. The lowest BCUT2D eigenvalue weighted by Crippen LogP contribution is -2.43. The summed E-state index contributed by atoms with van der Waals surface area (Å²) in [6.45, 7) is 3.16. The summed E-state index contributed by atoms with van der Waals surface area (Å²) >= 11 is 0. The summed E-state index contributed by atoms with van der Waals surface area (Å²) in [4.78, 5) is 4.97. The van der Waals surface area contributed by atoms with Crippen LogP contribution in [0.5, 0.6) is 0 Å². The van der Waals surface area contributed by atoms with Crippen LogP contribution in [0, 0.1) is 0 Å². The number of nitrogens with two attached hydrogens (primary N) is 1. The molecule has 1 aliphatic heterocycles. The highest BCUT2D eigenvalue weighted by molar-refractivity contribution is 5.19. The summed E-state index contributed by atoms with van der Waals surface area (Å²) < 4.78 is 0. The lowest BCUT2D eigenvalue weighted by molar-refractivity contribution is 0.103. The number of nitrogens with zero attached hydrogens (tertiary/aromatic N) is 2. The number of piperidine rings is 1. The van der Waals surface area contributed by atoms with Gasteiger partial charge < -0.3 is 10.6 Å². The van der Waals surface area contributed by atoms with Crippen LogP contribution in [0.4, 0.5) is 0 Å². The third kappa shape index (κ3) is 3.78. The van der Waals surface area contributed by atoms with Gasteiger partial charge in [-0.15, -0.1) is 0 Å². The maximum absolute atomic E-state index is 5.82. The van der Waals surface area contributed by atoms with E-state index in [0.29, 0.717) is 12.1 Å². The van der Waals surface area contributed by atoms with Crippen molar-refractivity contribution >= 4 is 0 Å². The van der Waals surface area contributed by atoms with Gasteiger partial charge in [0.25, 0.3) is 0 Å². The second-order valence-corrected chi connectivity index (χ2v) is 5.70. The zero-order valence-electron chi connectivity index (χ0n) is 12.3. The zero-order valence-corrected chi connectivity index (χ0v) is 12.3. The first-order valence-electron chi connectivity index (χ1n) is 7.38. The van der Waals surface area contributed by atoms with E-state index in [9.17, 15) is 0 Å². The van der Waals surface area contributed by atoms with Gasteiger partial charge in [0.1, 0.15) is 0 Å². The van der Waals surface area contributed by atoms with Crippen molar-refractivity contribution in [1.29, 1.82) is 0 Å². The maximum Gasteiger partial charge on any atom is 0.0360 e. The van der Waals surface area contributed by atoms with Gasteiger partial charge >= 0.3 is 0 Å². The first-order valence-corrected chi connectivity index (χ1v) is 7.38. The molecule has 0 bridgehead atoms. The summed E-state index contributed by atoms with van der Waals surface area (Å²) in [6.07, 6.45) is 3.56. The molecular formula is C16H27N3. The molecule has 19 heavy (non-hydrogen) atoms. The van der Waals surface area contributed by atoms with E-state index in [2.05, 4.69) is 54.2 Å². The smallest absolute Gasteiger partial charge is 0.0360 e. The normalized spacial score (nSPS) is 19.8. The van der Waals surface area contributed by atoms with Crippen LogP contribution in [0.25, 0.3) is 0 Å². The predicted octanol–water partition coefficient (Wildman–Crippen LogP) is 2.10. The van der Waals surface area contributed by atoms with Crippen LogP contribution in [-0.4, -0.2) is 49.6 Å². The molecule has 0 aliphatic carbocycles. The van der Waals surface area contributed by atoms with Crippen molar-refractivity contribution in [3.8, 4) is 0 Å². The molecule has 2 N–H and O–H groups in total. The Morgan fingerprint density at radius 1 is 1.26 bits per heavy atom. The van der Waals surface area contributed by atoms with Gasteiger partial charge in [-0.3, -0.25) is 4.90 Å². The Labute approximate surface area is 117 Å². The molecule has 1 unspecified atom stereocenters. The second kappa shape index (κ2) is 7.04. The largest absolute Gasteiger partial charge is 0.330 e. The quantitative estimate of drug-likeness (QED) is 0.881. The Bertz CT molecular complexity index is 358.